The molecule has 11 heteroatoms. The Morgan fingerprint density at radius 3 is 2.68 bits per heavy atom. The van der Waals surface area contributed by atoms with Gasteiger partial charge in [0.1, 0.15) is 22.1 Å². The quantitative estimate of drug-likeness (QED) is 0.216. The summed E-state index contributed by atoms with van der Waals surface area (Å²) in [4.78, 5) is 19.9. The molecule has 2 N–H and O–H groups in total. The number of halogens is 2. The highest BCUT2D eigenvalue weighted by atomic mass is 35.5. The summed E-state index contributed by atoms with van der Waals surface area (Å²) in [7, 11) is 0. The molecule has 5 rings (SSSR count). The minimum atomic E-state index is -1.09. The third-order valence-electron chi connectivity index (χ3n) is 6.93. The molecular formula is C27H25Cl2N3O5S. The number of carboxylic acids is 1. The number of fused-ring (bicyclic) bond motifs is 1. The van der Waals surface area contributed by atoms with Gasteiger partial charge in [-0.1, -0.05) is 41.4 Å². The molecule has 0 saturated heterocycles. The average Bonchev–Trinajstić information content (AvgIpc) is 3.52. The van der Waals surface area contributed by atoms with Crippen LogP contribution in [-0.4, -0.2) is 37.4 Å². The zero-order valence-electron chi connectivity index (χ0n) is 20.5. The summed E-state index contributed by atoms with van der Waals surface area (Å²) >= 11 is 14.1. The van der Waals surface area contributed by atoms with Crippen molar-refractivity contribution in [3.8, 4) is 11.3 Å². The van der Waals surface area contributed by atoms with Crippen molar-refractivity contribution in [1.29, 1.82) is 0 Å². The van der Waals surface area contributed by atoms with E-state index in [9.17, 15) is 15.0 Å². The minimum Gasteiger partial charge on any atom is -0.478 e. The van der Waals surface area contributed by atoms with Crippen molar-refractivity contribution in [3.05, 3.63) is 75.2 Å². The fourth-order valence-corrected chi connectivity index (χ4v) is 6.36. The van der Waals surface area contributed by atoms with Crippen LogP contribution < -0.4 is 0 Å². The van der Waals surface area contributed by atoms with Crippen molar-refractivity contribution in [2.24, 2.45) is 0 Å². The van der Waals surface area contributed by atoms with E-state index in [1.165, 1.54) is 29.8 Å². The second kappa shape index (κ2) is 10.7. The van der Waals surface area contributed by atoms with Gasteiger partial charge in [-0.25, -0.2) is 9.78 Å². The molecule has 1 fully saturated rings. The van der Waals surface area contributed by atoms with Crippen molar-refractivity contribution in [3.63, 3.8) is 0 Å². The summed E-state index contributed by atoms with van der Waals surface area (Å²) in [6, 6.07) is 4.79. The second-order valence-electron chi connectivity index (χ2n) is 9.43. The number of aliphatic hydroxyl groups is 1. The molecule has 1 aliphatic rings. The summed E-state index contributed by atoms with van der Waals surface area (Å²) in [5.74, 6) is -0.471. The van der Waals surface area contributed by atoms with Crippen LogP contribution in [0.2, 0.25) is 10.0 Å². The fraction of sp³-hybridized carbons (Fsp3) is 0.333. The Balaban J connectivity index is 1.32. The Labute approximate surface area is 232 Å². The van der Waals surface area contributed by atoms with Crippen molar-refractivity contribution >= 4 is 50.7 Å². The number of carbonyl (C=O) groups is 1. The van der Waals surface area contributed by atoms with Crippen LogP contribution >= 0.6 is 34.5 Å². The summed E-state index contributed by atoms with van der Waals surface area (Å²) in [6.45, 7) is 6.05. The maximum atomic E-state index is 11.4. The van der Waals surface area contributed by atoms with Crippen LogP contribution in [0.15, 0.2) is 47.8 Å². The van der Waals surface area contributed by atoms with E-state index in [4.69, 9.17) is 32.5 Å². The molecule has 3 aromatic heterocycles. The summed E-state index contributed by atoms with van der Waals surface area (Å²) in [6.07, 6.45) is 6.86. The van der Waals surface area contributed by atoms with Crippen molar-refractivity contribution < 1.29 is 24.3 Å². The molecule has 0 radical (unpaired) electrons. The molecule has 3 heterocycles. The van der Waals surface area contributed by atoms with Crippen LogP contribution in [0.1, 0.15) is 65.2 Å². The normalized spacial score (nSPS) is 20.5. The first-order valence-corrected chi connectivity index (χ1v) is 13.7. The van der Waals surface area contributed by atoms with Crippen molar-refractivity contribution in [2.75, 3.05) is 0 Å². The van der Waals surface area contributed by atoms with E-state index in [0.717, 1.165) is 10.3 Å². The number of pyridine rings is 1. The van der Waals surface area contributed by atoms with E-state index in [-0.39, 0.29) is 24.2 Å². The van der Waals surface area contributed by atoms with Gasteiger partial charge in [0.2, 0.25) is 0 Å². The number of carboxylic acid groups (broad SMARTS) is 1. The topological polar surface area (TPSA) is 119 Å². The molecule has 198 valence electrons. The summed E-state index contributed by atoms with van der Waals surface area (Å²) < 4.78 is 12.7. The Morgan fingerprint density at radius 2 is 2.03 bits per heavy atom. The number of ether oxygens (including phenoxy) is 1. The molecule has 0 amide bonds. The highest BCUT2D eigenvalue weighted by molar-refractivity contribution is 7.18. The maximum absolute atomic E-state index is 11.4. The molecule has 1 aliphatic carbocycles. The third-order valence-corrected chi connectivity index (χ3v) is 8.72. The van der Waals surface area contributed by atoms with Gasteiger partial charge in [-0.15, -0.1) is 17.9 Å². The lowest BCUT2D eigenvalue weighted by Crippen LogP contribution is -2.34. The van der Waals surface area contributed by atoms with Crippen molar-refractivity contribution in [1.82, 2.24) is 15.1 Å². The first kappa shape index (κ1) is 26.8. The molecular weight excluding hydrogens is 549 g/mol. The van der Waals surface area contributed by atoms with Gasteiger partial charge in [-0.05, 0) is 43.9 Å². The van der Waals surface area contributed by atoms with Gasteiger partial charge >= 0.3 is 5.97 Å². The van der Waals surface area contributed by atoms with Gasteiger partial charge in [0.25, 0.3) is 0 Å². The van der Waals surface area contributed by atoms with E-state index in [2.05, 4.69) is 21.7 Å². The van der Waals surface area contributed by atoms with E-state index in [1.807, 2.05) is 6.92 Å². The van der Waals surface area contributed by atoms with Crippen LogP contribution in [0.4, 0.5) is 0 Å². The van der Waals surface area contributed by atoms with Crippen LogP contribution in [0.5, 0.6) is 0 Å². The largest absolute Gasteiger partial charge is 0.478 e. The average molecular weight is 574 g/mol. The number of hydrogen-bond acceptors (Lipinski definition) is 8. The van der Waals surface area contributed by atoms with Crippen molar-refractivity contribution in [2.45, 2.75) is 56.8 Å². The maximum Gasteiger partial charge on any atom is 0.335 e. The molecule has 4 aromatic rings. The lowest BCUT2D eigenvalue weighted by Gasteiger charge is -2.34. The predicted octanol–water partition coefficient (Wildman–Crippen LogP) is 6.99. The Morgan fingerprint density at radius 1 is 1.32 bits per heavy atom. The Hall–Kier alpha value is -2.82. The molecule has 8 nitrogen and oxygen atoms in total. The Bertz CT molecular complexity index is 1490. The lowest BCUT2D eigenvalue weighted by molar-refractivity contribution is -0.0641. The zero-order valence-corrected chi connectivity index (χ0v) is 22.8. The third kappa shape index (κ3) is 5.09. The van der Waals surface area contributed by atoms with Crippen LogP contribution in [0.25, 0.3) is 21.5 Å². The SMILES string of the molecule is C=CC(C)c1onc(-c2c(Cl)cncc2Cl)c1COC1CCC(O)(c2nc3ccc(C(=O)O)cc3s2)CC1. The number of thiazole rings is 1. The molecule has 0 bridgehead atoms. The van der Waals surface area contributed by atoms with Gasteiger partial charge < -0.3 is 19.5 Å². The highest BCUT2D eigenvalue weighted by Crippen LogP contribution is 2.43. The minimum absolute atomic E-state index is 0.0960. The van der Waals surface area contributed by atoms with Gasteiger partial charge in [0.05, 0.1) is 38.5 Å². The number of nitrogens with zero attached hydrogens (tertiary/aromatic N) is 3. The molecule has 1 aromatic carbocycles. The van der Waals surface area contributed by atoms with Gasteiger partial charge in [0, 0.05) is 29.4 Å². The monoisotopic (exact) mass is 573 g/mol. The molecule has 0 spiro atoms. The van der Waals surface area contributed by atoms with E-state index < -0.39 is 11.6 Å². The number of aromatic nitrogens is 3. The lowest BCUT2D eigenvalue weighted by atomic mass is 9.83. The number of allylic oxidation sites excluding steroid dienone is 1. The van der Waals surface area contributed by atoms with Gasteiger partial charge in [0.15, 0.2) is 0 Å². The summed E-state index contributed by atoms with van der Waals surface area (Å²) in [5.41, 5.74) is 1.58. The number of benzene rings is 1. The first-order chi connectivity index (χ1) is 18.2. The number of aromatic carboxylic acids is 1. The van der Waals surface area contributed by atoms with Crippen LogP contribution in [0, 0.1) is 0 Å². The van der Waals surface area contributed by atoms with E-state index in [0.29, 0.717) is 63.3 Å². The molecule has 38 heavy (non-hydrogen) atoms. The number of hydrogen-bond donors (Lipinski definition) is 2. The van der Waals surface area contributed by atoms with E-state index >= 15 is 0 Å². The zero-order chi connectivity index (χ0) is 27.0. The Kier molecular flexibility index (Phi) is 7.57. The molecule has 0 aliphatic heterocycles. The number of rotatable bonds is 8. The predicted molar refractivity (Wildman–Crippen MR) is 146 cm³/mol. The fourth-order valence-electron chi connectivity index (χ4n) is 4.67. The second-order valence-corrected chi connectivity index (χ2v) is 11.3. The van der Waals surface area contributed by atoms with Crippen LogP contribution in [-0.2, 0) is 16.9 Å². The molecule has 1 saturated carbocycles. The highest BCUT2D eigenvalue weighted by Gasteiger charge is 2.38. The standard InChI is InChI=1S/C27H25Cl2N3O5S/c1-3-14(2)24-17(23(32-37-24)22-18(28)11-30-12-19(22)29)13-36-16-6-8-27(35,9-7-16)26-31-20-5-4-15(25(33)34)10-21(20)38-26/h3-5,10-12,14,16,35H,1,6-9,13H2,2H3,(H,33,34). The molecule has 1 atom stereocenters. The van der Waals surface area contributed by atoms with E-state index in [1.54, 1.807) is 18.2 Å². The van der Waals surface area contributed by atoms with Gasteiger partial charge in [-0.2, -0.15) is 0 Å². The first-order valence-electron chi connectivity index (χ1n) is 12.1. The van der Waals surface area contributed by atoms with Gasteiger partial charge in [-0.3, -0.25) is 4.98 Å². The van der Waals surface area contributed by atoms with Crippen LogP contribution in [0.3, 0.4) is 0 Å². The summed E-state index contributed by atoms with van der Waals surface area (Å²) in [5, 5.41) is 26.2. The smallest absolute Gasteiger partial charge is 0.335 e. The molecule has 1 unspecified atom stereocenters.